The summed E-state index contributed by atoms with van der Waals surface area (Å²) >= 11 is 0. The quantitative estimate of drug-likeness (QED) is 0.0261. The first-order valence-electron chi connectivity index (χ1n) is 31.2. The lowest BCUT2D eigenvalue weighted by Gasteiger charge is -2.18. The van der Waals surface area contributed by atoms with E-state index in [0.29, 0.717) is 19.3 Å². The van der Waals surface area contributed by atoms with Gasteiger partial charge in [0.25, 0.3) is 0 Å². The van der Waals surface area contributed by atoms with Gasteiger partial charge in [-0.25, -0.2) is 0 Å². The van der Waals surface area contributed by atoms with Crippen molar-refractivity contribution in [1.82, 2.24) is 0 Å². The van der Waals surface area contributed by atoms with Crippen LogP contribution in [0.25, 0.3) is 0 Å². The van der Waals surface area contributed by atoms with Crippen molar-refractivity contribution in [2.75, 3.05) is 13.2 Å². The Hall–Kier alpha value is -1.85. The zero-order valence-electron chi connectivity index (χ0n) is 46.9. The van der Waals surface area contributed by atoms with E-state index in [2.05, 4.69) is 32.9 Å². The van der Waals surface area contributed by atoms with Crippen molar-refractivity contribution in [3.05, 3.63) is 12.2 Å². The van der Waals surface area contributed by atoms with Crippen molar-refractivity contribution in [3.63, 3.8) is 0 Å². The van der Waals surface area contributed by atoms with Gasteiger partial charge in [-0.1, -0.05) is 309 Å². The lowest BCUT2D eigenvalue weighted by Crippen LogP contribution is -2.30. The molecule has 6 nitrogen and oxygen atoms in total. The number of ether oxygens (including phenoxy) is 3. The van der Waals surface area contributed by atoms with E-state index in [4.69, 9.17) is 14.2 Å². The van der Waals surface area contributed by atoms with Crippen LogP contribution in [0.4, 0.5) is 0 Å². The van der Waals surface area contributed by atoms with Gasteiger partial charge in [0.15, 0.2) is 6.10 Å². The largest absolute Gasteiger partial charge is 0.462 e. The zero-order valence-corrected chi connectivity index (χ0v) is 46.9. The molecule has 0 rings (SSSR count). The van der Waals surface area contributed by atoms with E-state index in [1.54, 1.807) is 0 Å². The van der Waals surface area contributed by atoms with E-state index in [0.717, 1.165) is 70.6 Å². The van der Waals surface area contributed by atoms with Crippen molar-refractivity contribution in [3.8, 4) is 0 Å². The van der Waals surface area contributed by atoms with E-state index >= 15 is 0 Å². The predicted octanol–water partition coefficient (Wildman–Crippen LogP) is 20.9. The monoisotopic (exact) mass is 973 g/mol. The third-order valence-corrected chi connectivity index (χ3v) is 14.3. The number of carbonyl (C=O) groups excluding carboxylic acids is 3. The van der Waals surface area contributed by atoms with E-state index in [9.17, 15) is 14.4 Å². The molecular weight excluding hydrogens is 853 g/mol. The minimum atomic E-state index is -0.768. The van der Waals surface area contributed by atoms with Crippen LogP contribution in [0.15, 0.2) is 12.2 Å². The highest BCUT2D eigenvalue weighted by atomic mass is 16.6. The number of rotatable bonds is 58. The maximum Gasteiger partial charge on any atom is 0.306 e. The van der Waals surface area contributed by atoms with Gasteiger partial charge in [-0.15, -0.1) is 0 Å². The second-order valence-corrected chi connectivity index (χ2v) is 21.3. The van der Waals surface area contributed by atoms with Crippen molar-refractivity contribution < 1.29 is 28.6 Å². The molecule has 0 aromatic rings. The highest BCUT2D eigenvalue weighted by Crippen LogP contribution is 2.18. The van der Waals surface area contributed by atoms with Crippen LogP contribution in [-0.4, -0.2) is 37.2 Å². The number of allylic oxidation sites excluding steroid dienone is 2. The Labute approximate surface area is 431 Å². The van der Waals surface area contributed by atoms with Gasteiger partial charge in [-0.3, -0.25) is 14.4 Å². The molecule has 0 saturated heterocycles. The van der Waals surface area contributed by atoms with Gasteiger partial charge < -0.3 is 14.2 Å². The van der Waals surface area contributed by atoms with Crippen LogP contribution in [0.2, 0.25) is 0 Å². The first-order chi connectivity index (χ1) is 34.0. The molecule has 0 aliphatic heterocycles. The molecule has 6 heteroatoms. The second kappa shape index (κ2) is 58.7. The van der Waals surface area contributed by atoms with Gasteiger partial charge in [0, 0.05) is 19.3 Å². The molecule has 1 unspecified atom stereocenters. The lowest BCUT2D eigenvalue weighted by molar-refractivity contribution is -0.167. The third-order valence-electron chi connectivity index (χ3n) is 14.3. The van der Waals surface area contributed by atoms with Crippen molar-refractivity contribution >= 4 is 17.9 Å². The van der Waals surface area contributed by atoms with Crippen LogP contribution in [0.3, 0.4) is 0 Å². The second-order valence-electron chi connectivity index (χ2n) is 21.3. The SMILES string of the molecule is CCC/C=C\CCCCCCCC(=O)OCC(COC(=O)CCCCCCCCCCCCCCCCCCCCCCCC)OC(=O)CCCCCCCCCCCCCCCCCCCCC. The minimum Gasteiger partial charge on any atom is -0.462 e. The average Bonchev–Trinajstić information content (AvgIpc) is 3.35. The van der Waals surface area contributed by atoms with Crippen LogP contribution >= 0.6 is 0 Å². The van der Waals surface area contributed by atoms with Gasteiger partial charge in [-0.2, -0.15) is 0 Å². The number of carbonyl (C=O) groups is 3. The Kier molecular flexibility index (Phi) is 57.1. The normalized spacial score (nSPS) is 12.0. The molecule has 0 amide bonds. The van der Waals surface area contributed by atoms with E-state index < -0.39 is 6.10 Å². The van der Waals surface area contributed by atoms with Crippen LogP contribution in [0, 0.1) is 0 Å². The third kappa shape index (κ3) is 56.9. The minimum absolute atomic E-state index is 0.0664. The Balaban J connectivity index is 4.18. The smallest absolute Gasteiger partial charge is 0.306 e. The molecule has 0 fully saturated rings. The molecule has 1 atom stereocenters. The fraction of sp³-hybridized carbons (Fsp3) is 0.921. The fourth-order valence-electron chi connectivity index (χ4n) is 9.57. The number of hydrogen-bond acceptors (Lipinski definition) is 6. The molecule has 0 aliphatic carbocycles. The molecular formula is C63H120O6. The molecule has 0 heterocycles. The highest BCUT2D eigenvalue weighted by Gasteiger charge is 2.19. The summed E-state index contributed by atoms with van der Waals surface area (Å²) in [5.74, 6) is -0.850. The average molecular weight is 974 g/mol. The summed E-state index contributed by atoms with van der Waals surface area (Å²) < 4.78 is 16.9. The van der Waals surface area contributed by atoms with Gasteiger partial charge in [0.2, 0.25) is 0 Å². The Morgan fingerprint density at radius 1 is 0.275 bits per heavy atom. The van der Waals surface area contributed by atoms with Crippen LogP contribution < -0.4 is 0 Å². The standard InChI is InChI=1S/C63H120O6/c1-4-7-10-13-16-19-22-24-26-28-30-31-32-34-35-37-39-41-44-47-50-53-56-62(65)68-59-60(58-67-61(64)55-52-49-46-43-21-18-15-12-9-6-3)69-63(66)57-54-51-48-45-42-40-38-36-33-29-27-25-23-20-17-14-11-8-5-2/h12,15,60H,4-11,13-14,16-59H2,1-3H3/b15-12-. The molecule has 0 bridgehead atoms. The summed E-state index contributed by atoms with van der Waals surface area (Å²) in [6.07, 6.45) is 68.0. The van der Waals surface area contributed by atoms with Crippen molar-refractivity contribution in [1.29, 1.82) is 0 Å². The number of esters is 3. The summed E-state index contributed by atoms with van der Waals surface area (Å²) in [6.45, 7) is 6.64. The van der Waals surface area contributed by atoms with Gasteiger partial charge in [0.05, 0.1) is 0 Å². The van der Waals surface area contributed by atoms with Crippen LogP contribution in [0.5, 0.6) is 0 Å². The molecule has 0 radical (unpaired) electrons. The Morgan fingerprint density at radius 3 is 0.783 bits per heavy atom. The summed E-state index contributed by atoms with van der Waals surface area (Å²) in [6, 6.07) is 0. The first kappa shape index (κ1) is 67.1. The highest BCUT2D eigenvalue weighted by molar-refractivity contribution is 5.71. The molecule has 0 aliphatic rings. The molecule has 408 valence electrons. The fourth-order valence-corrected chi connectivity index (χ4v) is 9.57. The van der Waals surface area contributed by atoms with Crippen molar-refractivity contribution in [2.45, 2.75) is 361 Å². The molecule has 0 N–H and O–H groups in total. The van der Waals surface area contributed by atoms with Crippen LogP contribution in [-0.2, 0) is 28.6 Å². The molecule has 0 aromatic heterocycles. The molecule has 0 aromatic carbocycles. The van der Waals surface area contributed by atoms with Gasteiger partial charge >= 0.3 is 17.9 Å². The zero-order chi connectivity index (χ0) is 50.0. The van der Waals surface area contributed by atoms with Gasteiger partial charge in [-0.05, 0) is 38.5 Å². The molecule has 0 spiro atoms. The maximum atomic E-state index is 12.9. The topological polar surface area (TPSA) is 78.9 Å². The Morgan fingerprint density at radius 2 is 0.507 bits per heavy atom. The summed E-state index contributed by atoms with van der Waals surface area (Å²) in [5, 5.41) is 0. The maximum absolute atomic E-state index is 12.9. The van der Waals surface area contributed by atoms with Crippen molar-refractivity contribution in [2.24, 2.45) is 0 Å². The molecule has 69 heavy (non-hydrogen) atoms. The summed E-state index contributed by atoms with van der Waals surface area (Å²) in [7, 11) is 0. The van der Waals surface area contributed by atoms with Gasteiger partial charge in [0.1, 0.15) is 13.2 Å². The Bertz CT molecular complexity index is 1070. The van der Waals surface area contributed by atoms with Crippen LogP contribution in [0.1, 0.15) is 355 Å². The predicted molar refractivity (Wildman–Crippen MR) is 298 cm³/mol. The van der Waals surface area contributed by atoms with E-state index in [1.165, 1.54) is 244 Å². The first-order valence-corrected chi connectivity index (χ1v) is 31.2. The van der Waals surface area contributed by atoms with E-state index in [1.807, 2.05) is 0 Å². The molecule has 0 saturated carbocycles. The summed E-state index contributed by atoms with van der Waals surface area (Å²) in [5.41, 5.74) is 0. The summed E-state index contributed by atoms with van der Waals surface area (Å²) in [4.78, 5) is 38.2. The number of unbranched alkanes of at least 4 members (excludes halogenated alkanes) is 45. The number of hydrogen-bond donors (Lipinski definition) is 0. The lowest BCUT2D eigenvalue weighted by atomic mass is 10.0. The van der Waals surface area contributed by atoms with E-state index in [-0.39, 0.29) is 31.1 Å².